The van der Waals surface area contributed by atoms with Gasteiger partial charge in [-0.25, -0.2) is 9.18 Å². The van der Waals surface area contributed by atoms with Crippen LogP contribution in [0.3, 0.4) is 0 Å². The summed E-state index contributed by atoms with van der Waals surface area (Å²) in [5.74, 6) is -0.264. The summed E-state index contributed by atoms with van der Waals surface area (Å²) in [7, 11) is 0. The highest BCUT2D eigenvalue weighted by Gasteiger charge is 2.38. The number of hydrogen-bond acceptors (Lipinski definition) is 5. The lowest BCUT2D eigenvalue weighted by atomic mass is 10.1. The van der Waals surface area contributed by atoms with E-state index in [9.17, 15) is 14.0 Å². The SMILES string of the molecule is CCOC(=O)CC[C@@H]1C[C@@H](Oc2cccc(F)c2)CN1C(=O)OC(C)(C)C. The maximum absolute atomic E-state index is 13.4. The van der Waals surface area contributed by atoms with Crippen molar-refractivity contribution < 1.29 is 28.2 Å². The minimum absolute atomic E-state index is 0.206. The normalized spacial score (nSPS) is 19.7. The van der Waals surface area contributed by atoms with Crippen LogP contribution in [0.2, 0.25) is 0 Å². The quantitative estimate of drug-likeness (QED) is 0.699. The number of halogens is 1. The highest BCUT2D eigenvalue weighted by atomic mass is 19.1. The molecule has 0 saturated carbocycles. The summed E-state index contributed by atoms with van der Waals surface area (Å²) in [5.41, 5.74) is -0.621. The third-order valence-electron chi connectivity index (χ3n) is 4.09. The Bertz CT molecular complexity index is 658. The summed E-state index contributed by atoms with van der Waals surface area (Å²) < 4.78 is 29.7. The Hall–Kier alpha value is -2.31. The van der Waals surface area contributed by atoms with Gasteiger partial charge in [-0.05, 0) is 46.2 Å². The van der Waals surface area contributed by atoms with Crippen LogP contribution < -0.4 is 4.74 Å². The van der Waals surface area contributed by atoms with Gasteiger partial charge in [0.2, 0.25) is 0 Å². The van der Waals surface area contributed by atoms with E-state index in [1.165, 1.54) is 12.1 Å². The number of likely N-dealkylation sites (tertiary alicyclic amines) is 1. The molecule has 1 saturated heterocycles. The zero-order valence-corrected chi connectivity index (χ0v) is 16.4. The van der Waals surface area contributed by atoms with E-state index in [2.05, 4.69) is 0 Å². The molecule has 2 atom stereocenters. The van der Waals surface area contributed by atoms with Crippen molar-refractivity contribution in [1.82, 2.24) is 4.90 Å². The summed E-state index contributed by atoms with van der Waals surface area (Å²) >= 11 is 0. The number of hydrogen-bond donors (Lipinski definition) is 0. The molecule has 0 spiro atoms. The van der Waals surface area contributed by atoms with E-state index >= 15 is 0 Å². The minimum atomic E-state index is -0.621. The van der Waals surface area contributed by atoms with Gasteiger partial charge >= 0.3 is 12.1 Å². The van der Waals surface area contributed by atoms with Crippen LogP contribution in [0, 0.1) is 5.82 Å². The van der Waals surface area contributed by atoms with Gasteiger partial charge in [0.15, 0.2) is 0 Å². The van der Waals surface area contributed by atoms with E-state index in [0.29, 0.717) is 31.7 Å². The fraction of sp³-hybridized carbons (Fsp3) is 0.600. The van der Waals surface area contributed by atoms with Gasteiger partial charge in [0.05, 0.1) is 13.2 Å². The van der Waals surface area contributed by atoms with E-state index < -0.39 is 11.7 Å². The van der Waals surface area contributed by atoms with E-state index in [4.69, 9.17) is 14.2 Å². The number of rotatable bonds is 6. The first-order valence-corrected chi connectivity index (χ1v) is 9.25. The third-order valence-corrected chi connectivity index (χ3v) is 4.09. The molecule has 150 valence electrons. The average Bonchev–Trinajstić information content (AvgIpc) is 2.94. The molecule has 1 aromatic rings. The predicted molar refractivity (Wildman–Crippen MR) is 98.0 cm³/mol. The summed E-state index contributed by atoms with van der Waals surface area (Å²) in [6.45, 7) is 7.80. The zero-order valence-electron chi connectivity index (χ0n) is 16.4. The second-order valence-electron chi connectivity index (χ2n) is 7.56. The molecular weight excluding hydrogens is 353 g/mol. The fourth-order valence-corrected chi connectivity index (χ4v) is 3.03. The van der Waals surface area contributed by atoms with Crippen molar-refractivity contribution in [2.24, 2.45) is 0 Å². The first kappa shape index (κ1) is 21.0. The zero-order chi connectivity index (χ0) is 20.0. The van der Waals surface area contributed by atoms with E-state index in [1.807, 2.05) is 0 Å². The predicted octanol–water partition coefficient (Wildman–Crippen LogP) is 3.93. The number of carbonyl (C=O) groups excluding carboxylic acids is 2. The molecule has 27 heavy (non-hydrogen) atoms. The highest BCUT2D eigenvalue weighted by molar-refractivity contribution is 5.71. The summed E-state index contributed by atoms with van der Waals surface area (Å²) in [6, 6.07) is 5.69. The maximum Gasteiger partial charge on any atom is 0.410 e. The first-order valence-electron chi connectivity index (χ1n) is 9.25. The smallest absolute Gasteiger partial charge is 0.410 e. The van der Waals surface area contributed by atoms with Gasteiger partial charge in [0, 0.05) is 24.9 Å². The molecule has 0 unspecified atom stereocenters. The lowest BCUT2D eigenvalue weighted by molar-refractivity contribution is -0.143. The standard InChI is InChI=1S/C20H28FNO5/c1-5-25-18(23)10-9-15-12-17(26-16-8-6-7-14(21)11-16)13-22(15)19(24)27-20(2,3)4/h6-8,11,15,17H,5,9-10,12-13H2,1-4H3/t15-,17-/m1/s1. The molecule has 0 radical (unpaired) electrons. The molecule has 1 aliphatic heterocycles. The molecule has 0 aromatic heterocycles. The molecule has 2 rings (SSSR count). The number of ether oxygens (including phenoxy) is 3. The number of benzene rings is 1. The molecule has 7 heteroatoms. The van der Waals surface area contributed by atoms with Crippen LogP contribution in [0.5, 0.6) is 5.75 Å². The van der Waals surface area contributed by atoms with Crippen molar-refractivity contribution in [3.05, 3.63) is 30.1 Å². The molecule has 1 fully saturated rings. The molecular formula is C20H28FNO5. The van der Waals surface area contributed by atoms with Crippen molar-refractivity contribution in [3.63, 3.8) is 0 Å². The van der Waals surface area contributed by atoms with Crippen LogP contribution in [0.25, 0.3) is 0 Å². The molecule has 1 heterocycles. The highest BCUT2D eigenvalue weighted by Crippen LogP contribution is 2.28. The van der Waals surface area contributed by atoms with Crippen molar-refractivity contribution in [1.29, 1.82) is 0 Å². The second kappa shape index (κ2) is 9.06. The Morgan fingerprint density at radius 1 is 1.30 bits per heavy atom. The third kappa shape index (κ3) is 6.73. The Morgan fingerprint density at radius 3 is 2.67 bits per heavy atom. The van der Waals surface area contributed by atoms with Gasteiger partial charge in [-0.2, -0.15) is 0 Å². The Balaban J connectivity index is 2.05. The molecule has 0 aliphatic carbocycles. The fourth-order valence-electron chi connectivity index (χ4n) is 3.03. The number of nitrogens with zero attached hydrogens (tertiary/aromatic N) is 1. The number of amides is 1. The molecule has 0 N–H and O–H groups in total. The van der Waals surface area contributed by atoms with E-state index in [-0.39, 0.29) is 30.4 Å². The second-order valence-corrected chi connectivity index (χ2v) is 7.56. The van der Waals surface area contributed by atoms with Gasteiger partial charge in [0.25, 0.3) is 0 Å². The van der Waals surface area contributed by atoms with Crippen LogP contribution >= 0.6 is 0 Å². The van der Waals surface area contributed by atoms with Gasteiger partial charge in [-0.3, -0.25) is 4.79 Å². The topological polar surface area (TPSA) is 65.1 Å². The largest absolute Gasteiger partial charge is 0.488 e. The van der Waals surface area contributed by atoms with Gasteiger partial charge in [-0.1, -0.05) is 6.07 Å². The summed E-state index contributed by atoms with van der Waals surface area (Å²) in [6.07, 6.45) is 0.467. The number of esters is 1. The molecule has 1 aliphatic rings. The van der Waals surface area contributed by atoms with Crippen LogP contribution in [0.15, 0.2) is 24.3 Å². The summed E-state index contributed by atoms with van der Waals surface area (Å²) in [4.78, 5) is 25.8. The van der Waals surface area contributed by atoms with Crippen molar-refractivity contribution >= 4 is 12.1 Å². The van der Waals surface area contributed by atoms with Crippen molar-refractivity contribution in [3.8, 4) is 5.75 Å². The molecule has 1 amide bonds. The minimum Gasteiger partial charge on any atom is -0.488 e. The Kier molecular flexibility index (Phi) is 7.05. The van der Waals surface area contributed by atoms with Crippen LogP contribution in [0.1, 0.15) is 47.0 Å². The maximum atomic E-state index is 13.4. The molecule has 0 bridgehead atoms. The van der Waals surface area contributed by atoms with Gasteiger partial charge in [0.1, 0.15) is 23.3 Å². The lowest BCUT2D eigenvalue weighted by Gasteiger charge is -2.28. The van der Waals surface area contributed by atoms with Crippen LogP contribution in [0.4, 0.5) is 9.18 Å². The van der Waals surface area contributed by atoms with Crippen molar-refractivity contribution in [2.45, 2.75) is 64.7 Å². The van der Waals surface area contributed by atoms with Crippen LogP contribution in [-0.4, -0.2) is 47.9 Å². The summed E-state index contributed by atoms with van der Waals surface area (Å²) in [5, 5.41) is 0. The molecule has 6 nitrogen and oxygen atoms in total. The average molecular weight is 381 g/mol. The van der Waals surface area contributed by atoms with Crippen LogP contribution in [-0.2, 0) is 14.3 Å². The number of carbonyl (C=O) groups is 2. The molecule has 1 aromatic carbocycles. The first-order chi connectivity index (χ1) is 12.7. The van der Waals surface area contributed by atoms with Gasteiger partial charge in [-0.15, -0.1) is 0 Å². The Morgan fingerprint density at radius 2 is 2.04 bits per heavy atom. The van der Waals surface area contributed by atoms with Gasteiger partial charge < -0.3 is 19.1 Å². The van der Waals surface area contributed by atoms with Crippen molar-refractivity contribution in [2.75, 3.05) is 13.2 Å². The van der Waals surface area contributed by atoms with E-state index in [1.54, 1.807) is 44.7 Å². The van der Waals surface area contributed by atoms with E-state index in [0.717, 1.165) is 0 Å². The lowest BCUT2D eigenvalue weighted by Crippen LogP contribution is -2.40. The Labute approximate surface area is 159 Å². The monoisotopic (exact) mass is 381 g/mol.